The second-order valence-corrected chi connectivity index (χ2v) is 7.23. The first-order valence-corrected chi connectivity index (χ1v) is 8.84. The molecule has 4 fully saturated rings. The topological polar surface area (TPSA) is 77.7 Å². The van der Waals surface area contributed by atoms with E-state index in [2.05, 4.69) is 11.8 Å². The molecule has 2 aliphatic carbocycles. The number of carbonyl (C=O) groups excluding carboxylic acids is 2. The fourth-order valence-electron chi connectivity index (χ4n) is 3.84. The van der Waals surface area contributed by atoms with Crippen LogP contribution in [0.25, 0.3) is 0 Å². The van der Waals surface area contributed by atoms with Gasteiger partial charge >= 0.3 is 11.9 Å². The van der Waals surface area contributed by atoms with E-state index in [1.165, 1.54) is 0 Å². The van der Waals surface area contributed by atoms with E-state index in [-0.39, 0.29) is 0 Å². The van der Waals surface area contributed by atoms with Gasteiger partial charge in [-0.2, -0.15) is 0 Å². The number of esters is 2. The Labute approximate surface area is 141 Å². The highest BCUT2D eigenvalue weighted by Gasteiger charge is 2.44. The molecule has 6 heteroatoms. The number of ether oxygens (including phenoxy) is 4. The lowest BCUT2D eigenvalue weighted by Gasteiger charge is -2.17. The van der Waals surface area contributed by atoms with Gasteiger partial charge in [0.25, 0.3) is 0 Å². The minimum Gasteiger partial charge on any atom is -0.456 e. The Hall–Kier alpha value is -1.58. The molecule has 0 radical (unpaired) electrons. The van der Waals surface area contributed by atoms with Gasteiger partial charge in [0.05, 0.1) is 37.6 Å². The summed E-state index contributed by atoms with van der Waals surface area (Å²) < 4.78 is 21.1. The van der Waals surface area contributed by atoms with Crippen molar-refractivity contribution in [3.8, 4) is 11.8 Å². The van der Waals surface area contributed by atoms with Crippen LogP contribution in [0.5, 0.6) is 0 Å². The van der Waals surface area contributed by atoms with Crippen LogP contribution in [-0.2, 0) is 28.5 Å². The Balaban J connectivity index is 1.12. The van der Waals surface area contributed by atoms with Crippen LogP contribution in [-0.4, -0.2) is 49.6 Å². The van der Waals surface area contributed by atoms with Crippen molar-refractivity contribution in [2.75, 3.05) is 13.2 Å². The Morgan fingerprint density at radius 1 is 0.750 bits per heavy atom. The Bertz CT molecular complexity index is 528. The molecular weight excluding hydrogens is 312 g/mol. The zero-order valence-electron chi connectivity index (χ0n) is 13.6. The second-order valence-electron chi connectivity index (χ2n) is 7.23. The van der Waals surface area contributed by atoms with Gasteiger partial charge in [-0.25, -0.2) is 9.59 Å². The van der Waals surface area contributed by atoms with E-state index in [4.69, 9.17) is 18.9 Å². The lowest BCUT2D eigenvalue weighted by molar-refractivity contribution is -0.140. The minimum atomic E-state index is -0.669. The minimum absolute atomic E-state index is 0.339. The SMILES string of the molecule is O=C(C#CC(=O)OCC1CCC2OC2C1)OCC1CCC2OC2C1. The summed E-state index contributed by atoms with van der Waals surface area (Å²) in [4.78, 5) is 23.2. The van der Waals surface area contributed by atoms with Gasteiger partial charge in [-0.05, 0) is 50.4 Å². The molecule has 24 heavy (non-hydrogen) atoms. The van der Waals surface area contributed by atoms with E-state index < -0.39 is 11.9 Å². The average molecular weight is 334 g/mol. The molecule has 2 saturated carbocycles. The maximum Gasteiger partial charge on any atom is 0.384 e. The fraction of sp³-hybridized carbons (Fsp3) is 0.778. The van der Waals surface area contributed by atoms with Crippen LogP contribution in [0.15, 0.2) is 0 Å². The third-order valence-electron chi connectivity index (χ3n) is 5.39. The zero-order chi connectivity index (χ0) is 16.5. The quantitative estimate of drug-likeness (QED) is 0.333. The summed E-state index contributed by atoms with van der Waals surface area (Å²) in [5, 5.41) is 0. The van der Waals surface area contributed by atoms with E-state index in [0.29, 0.717) is 49.5 Å². The highest BCUT2D eigenvalue weighted by Crippen LogP contribution is 2.40. The first-order chi connectivity index (χ1) is 11.7. The van der Waals surface area contributed by atoms with E-state index in [0.717, 1.165) is 38.5 Å². The average Bonchev–Trinajstić information content (AvgIpc) is 3.49. The first kappa shape index (κ1) is 15.9. The number of fused-ring (bicyclic) bond motifs is 2. The van der Waals surface area contributed by atoms with Crippen LogP contribution in [0, 0.1) is 23.7 Å². The molecule has 0 aromatic carbocycles. The van der Waals surface area contributed by atoms with Gasteiger partial charge in [0.2, 0.25) is 0 Å². The Morgan fingerprint density at radius 2 is 1.21 bits per heavy atom. The van der Waals surface area contributed by atoms with Crippen molar-refractivity contribution in [2.24, 2.45) is 11.8 Å². The van der Waals surface area contributed by atoms with Gasteiger partial charge < -0.3 is 18.9 Å². The molecule has 0 spiro atoms. The smallest absolute Gasteiger partial charge is 0.384 e. The van der Waals surface area contributed by atoms with Crippen LogP contribution in [0.4, 0.5) is 0 Å². The normalized spacial score (nSPS) is 38.7. The lowest BCUT2D eigenvalue weighted by Crippen LogP contribution is -2.20. The van der Waals surface area contributed by atoms with Crippen LogP contribution >= 0.6 is 0 Å². The first-order valence-electron chi connectivity index (χ1n) is 8.84. The molecule has 4 rings (SSSR count). The van der Waals surface area contributed by atoms with Crippen molar-refractivity contribution in [3.05, 3.63) is 0 Å². The largest absolute Gasteiger partial charge is 0.456 e. The third kappa shape index (κ3) is 4.08. The zero-order valence-corrected chi connectivity index (χ0v) is 13.6. The second kappa shape index (κ2) is 6.73. The molecular formula is C18H22O6. The van der Waals surface area contributed by atoms with Gasteiger partial charge in [-0.3, -0.25) is 0 Å². The lowest BCUT2D eigenvalue weighted by atomic mass is 9.90. The summed E-state index contributed by atoms with van der Waals surface area (Å²) in [6.07, 6.45) is 7.59. The molecule has 0 aromatic heterocycles. The molecule has 2 heterocycles. The van der Waals surface area contributed by atoms with Gasteiger partial charge in [0, 0.05) is 11.8 Å². The van der Waals surface area contributed by atoms with Gasteiger partial charge in [0.1, 0.15) is 0 Å². The highest BCUT2D eigenvalue weighted by atomic mass is 16.6. The Morgan fingerprint density at radius 3 is 1.62 bits per heavy atom. The molecule has 0 bridgehead atoms. The molecule has 0 aromatic rings. The van der Waals surface area contributed by atoms with Crippen LogP contribution < -0.4 is 0 Å². The molecule has 0 amide bonds. The van der Waals surface area contributed by atoms with Crippen molar-refractivity contribution in [1.29, 1.82) is 0 Å². The number of rotatable bonds is 4. The number of hydrogen-bond acceptors (Lipinski definition) is 6. The van der Waals surface area contributed by atoms with Gasteiger partial charge in [-0.15, -0.1) is 0 Å². The van der Waals surface area contributed by atoms with Crippen molar-refractivity contribution in [2.45, 2.75) is 62.9 Å². The summed E-state index contributed by atoms with van der Waals surface area (Å²) in [6.45, 7) is 0.694. The molecule has 6 atom stereocenters. The number of hydrogen-bond donors (Lipinski definition) is 0. The van der Waals surface area contributed by atoms with Crippen molar-refractivity contribution in [3.63, 3.8) is 0 Å². The van der Waals surface area contributed by atoms with Crippen LogP contribution in [0.2, 0.25) is 0 Å². The van der Waals surface area contributed by atoms with Crippen LogP contribution in [0.1, 0.15) is 38.5 Å². The van der Waals surface area contributed by atoms with Gasteiger partial charge in [0.15, 0.2) is 0 Å². The van der Waals surface area contributed by atoms with Crippen LogP contribution in [0.3, 0.4) is 0 Å². The molecule has 4 aliphatic rings. The summed E-state index contributed by atoms with van der Waals surface area (Å²) in [6, 6.07) is 0. The predicted octanol–water partition coefficient (Wildman–Crippen LogP) is 1.21. The van der Waals surface area contributed by atoms with E-state index in [9.17, 15) is 9.59 Å². The van der Waals surface area contributed by atoms with Crippen molar-refractivity contribution >= 4 is 11.9 Å². The monoisotopic (exact) mass is 334 g/mol. The molecule has 130 valence electrons. The number of carbonyl (C=O) groups is 2. The predicted molar refractivity (Wildman–Crippen MR) is 81.7 cm³/mol. The molecule has 2 saturated heterocycles. The van der Waals surface area contributed by atoms with Crippen molar-refractivity contribution < 1.29 is 28.5 Å². The molecule has 2 aliphatic heterocycles. The maximum absolute atomic E-state index is 11.6. The molecule has 0 N–H and O–H groups in total. The summed E-state index contributed by atoms with van der Waals surface area (Å²) in [7, 11) is 0. The summed E-state index contributed by atoms with van der Waals surface area (Å²) >= 11 is 0. The Kier molecular flexibility index (Phi) is 4.47. The summed E-state index contributed by atoms with van der Waals surface area (Å²) in [5.74, 6) is 3.75. The number of epoxide rings is 2. The summed E-state index contributed by atoms with van der Waals surface area (Å²) in [5.41, 5.74) is 0. The molecule has 6 nitrogen and oxygen atoms in total. The van der Waals surface area contributed by atoms with E-state index >= 15 is 0 Å². The van der Waals surface area contributed by atoms with Gasteiger partial charge in [-0.1, -0.05) is 0 Å². The fourth-order valence-corrected chi connectivity index (χ4v) is 3.84. The molecule has 6 unspecified atom stereocenters. The third-order valence-corrected chi connectivity index (χ3v) is 5.39. The van der Waals surface area contributed by atoms with Crippen molar-refractivity contribution in [1.82, 2.24) is 0 Å². The highest BCUT2D eigenvalue weighted by molar-refractivity contribution is 5.98. The van der Waals surface area contributed by atoms with E-state index in [1.807, 2.05) is 0 Å². The van der Waals surface area contributed by atoms with E-state index in [1.54, 1.807) is 0 Å². The maximum atomic E-state index is 11.6. The standard InChI is InChI=1S/C18H22O6/c19-17(21-9-11-1-3-13-15(7-11)23-13)5-6-18(20)22-10-12-2-4-14-16(8-12)24-14/h11-16H,1-4,7-10H2.